The number of carbonyl (C=O) groups is 1. The van der Waals surface area contributed by atoms with E-state index in [0.717, 1.165) is 5.70 Å². The summed E-state index contributed by atoms with van der Waals surface area (Å²) < 4.78 is 5.49. The maximum Gasteiger partial charge on any atom is 0.162 e. The highest BCUT2D eigenvalue weighted by Crippen LogP contribution is 2.50. The second-order valence-electron chi connectivity index (χ2n) is 8.69. The van der Waals surface area contributed by atoms with Gasteiger partial charge in [-0.25, -0.2) is 5.01 Å². The molecule has 2 aliphatic heterocycles. The molecule has 1 aliphatic carbocycles. The molecule has 1 fully saturated rings. The molecular formula is C22H24Cl2N4O2. The van der Waals surface area contributed by atoms with Crippen LogP contribution in [0, 0.1) is 16.7 Å². The lowest BCUT2D eigenvalue weighted by Gasteiger charge is -2.48. The van der Waals surface area contributed by atoms with Crippen LogP contribution in [0.4, 0.5) is 0 Å². The van der Waals surface area contributed by atoms with Crippen LogP contribution in [-0.2, 0) is 9.53 Å². The lowest BCUT2D eigenvalue weighted by atomic mass is 9.69. The fraction of sp³-hybridized carbons (Fsp3) is 0.455. The third-order valence-electron chi connectivity index (χ3n) is 5.90. The summed E-state index contributed by atoms with van der Waals surface area (Å²) in [5.41, 5.74) is 8.85. The van der Waals surface area contributed by atoms with E-state index < -0.39 is 5.92 Å². The normalized spacial score (nSPS) is 24.7. The summed E-state index contributed by atoms with van der Waals surface area (Å²) >= 11 is 12.6. The van der Waals surface area contributed by atoms with E-state index in [4.69, 9.17) is 33.7 Å². The maximum atomic E-state index is 13.4. The van der Waals surface area contributed by atoms with Crippen molar-refractivity contribution in [3.63, 3.8) is 0 Å². The molecule has 3 aliphatic rings. The van der Waals surface area contributed by atoms with Crippen molar-refractivity contribution in [3.8, 4) is 6.07 Å². The molecular weight excluding hydrogens is 423 g/mol. The molecule has 1 atom stereocenters. The number of nitrogens with two attached hydrogens (primary N) is 1. The van der Waals surface area contributed by atoms with Crippen molar-refractivity contribution < 1.29 is 9.53 Å². The van der Waals surface area contributed by atoms with Gasteiger partial charge in [0.1, 0.15) is 5.82 Å². The van der Waals surface area contributed by atoms with Crippen molar-refractivity contribution in [3.05, 3.63) is 56.5 Å². The number of nitrogens with zero attached hydrogens (tertiary/aromatic N) is 3. The summed E-state index contributed by atoms with van der Waals surface area (Å²) in [5.74, 6) is -0.230. The molecule has 0 saturated carbocycles. The largest absolute Gasteiger partial charge is 0.383 e. The van der Waals surface area contributed by atoms with Gasteiger partial charge in [-0.05, 0) is 29.5 Å². The van der Waals surface area contributed by atoms with Gasteiger partial charge in [0, 0.05) is 40.8 Å². The molecule has 1 unspecified atom stereocenters. The van der Waals surface area contributed by atoms with Crippen molar-refractivity contribution in [2.24, 2.45) is 11.1 Å². The molecule has 0 aromatic heterocycles. The lowest BCUT2D eigenvalue weighted by Crippen LogP contribution is -2.53. The monoisotopic (exact) mass is 446 g/mol. The Balaban J connectivity index is 1.94. The number of hydrogen-bond acceptors (Lipinski definition) is 6. The first-order valence-corrected chi connectivity index (χ1v) is 10.7. The van der Waals surface area contributed by atoms with Crippen molar-refractivity contribution in [1.82, 2.24) is 10.0 Å². The highest BCUT2D eigenvalue weighted by molar-refractivity contribution is 6.35. The zero-order chi connectivity index (χ0) is 21.6. The van der Waals surface area contributed by atoms with Gasteiger partial charge in [-0.1, -0.05) is 43.1 Å². The molecule has 0 amide bonds. The zero-order valence-electron chi connectivity index (χ0n) is 17.0. The highest BCUT2D eigenvalue weighted by Gasteiger charge is 2.46. The first-order valence-electron chi connectivity index (χ1n) is 9.97. The van der Waals surface area contributed by atoms with Crippen molar-refractivity contribution in [1.29, 1.82) is 5.26 Å². The number of allylic oxidation sites excluding steroid dienone is 3. The van der Waals surface area contributed by atoms with Gasteiger partial charge in [0.25, 0.3) is 0 Å². The third-order valence-corrected chi connectivity index (χ3v) is 6.46. The van der Waals surface area contributed by atoms with Gasteiger partial charge in [0.15, 0.2) is 5.78 Å². The quantitative estimate of drug-likeness (QED) is 0.739. The number of hydrazine groups is 1. The van der Waals surface area contributed by atoms with Gasteiger partial charge in [-0.3, -0.25) is 9.80 Å². The van der Waals surface area contributed by atoms with Gasteiger partial charge in [0.2, 0.25) is 0 Å². The Kier molecular flexibility index (Phi) is 5.58. The number of rotatable bonds is 2. The number of Topliss-reactive ketones (excluding diaryl/α,β-unsaturated/α-hetero) is 1. The number of carbonyl (C=O) groups excluding carboxylic acids is 1. The van der Waals surface area contributed by atoms with E-state index in [2.05, 4.69) is 24.9 Å². The number of ether oxygens (including phenoxy) is 1. The van der Waals surface area contributed by atoms with Gasteiger partial charge >= 0.3 is 0 Å². The molecule has 4 rings (SSSR count). The number of morpholine rings is 1. The lowest BCUT2D eigenvalue weighted by molar-refractivity contribution is -0.119. The number of halogens is 2. The number of ketones is 1. The number of hydrogen-bond donors (Lipinski definition) is 1. The van der Waals surface area contributed by atoms with E-state index in [1.807, 2.05) is 5.01 Å². The van der Waals surface area contributed by atoms with E-state index >= 15 is 0 Å². The Morgan fingerprint density at radius 1 is 1.23 bits per heavy atom. The van der Waals surface area contributed by atoms with Gasteiger partial charge < -0.3 is 10.5 Å². The van der Waals surface area contributed by atoms with E-state index in [9.17, 15) is 10.1 Å². The standard InChI is InChI=1S/C22H24Cl2N4O2/c1-22(2)10-17-20(18(29)11-22)19(14-4-3-13(23)9-16(14)24)15(12-25)21(26)28(17)27-5-7-30-8-6-27/h3-4,9,19H,5-8,10-11,26H2,1-2H3. The van der Waals surface area contributed by atoms with E-state index in [-0.39, 0.29) is 11.2 Å². The first-order chi connectivity index (χ1) is 14.2. The zero-order valence-corrected chi connectivity index (χ0v) is 18.6. The van der Waals surface area contributed by atoms with Gasteiger partial charge in [0.05, 0.1) is 30.8 Å². The summed E-state index contributed by atoms with van der Waals surface area (Å²) in [6.45, 7) is 6.57. The minimum absolute atomic E-state index is 0.0239. The average Bonchev–Trinajstić information content (AvgIpc) is 2.67. The predicted molar refractivity (Wildman–Crippen MR) is 115 cm³/mol. The topological polar surface area (TPSA) is 82.6 Å². The second kappa shape index (κ2) is 7.90. The van der Waals surface area contributed by atoms with Crippen LogP contribution in [0.25, 0.3) is 0 Å². The van der Waals surface area contributed by atoms with E-state index in [1.165, 1.54) is 0 Å². The molecule has 6 nitrogen and oxygen atoms in total. The smallest absolute Gasteiger partial charge is 0.162 e. The Hall–Kier alpha value is -2.04. The van der Waals surface area contributed by atoms with Crippen LogP contribution in [0.15, 0.2) is 40.9 Å². The minimum atomic E-state index is -0.601. The molecule has 1 aromatic rings. The molecule has 158 valence electrons. The van der Waals surface area contributed by atoms with Crippen LogP contribution in [0.2, 0.25) is 10.0 Å². The summed E-state index contributed by atoms with van der Waals surface area (Å²) in [6, 6.07) is 7.40. The Bertz CT molecular complexity index is 1000. The predicted octanol–water partition coefficient (Wildman–Crippen LogP) is 3.98. The Labute approximate surface area is 186 Å². The van der Waals surface area contributed by atoms with Gasteiger partial charge in [-0.2, -0.15) is 5.26 Å². The van der Waals surface area contributed by atoms with Crippen LogP contribution in [0.3, 0.4) is 0 Å². The molecule has 0 bridgehead atoms. The van der Waals surface area contributed by atoms with Crippen LogP contribution >= 0.6 is 23.2 Å². The molecule has 1 saturated heterocycles. The Morgan fingerprint density at radius 3 is 2.57 bits per heavy atom. The van der Waals surface area contributed by atoms with E-state index in [1.54, 1.807) is 18.2 Å². The van der Waals surface area contributed by atoms with Crippen LogP contribution in [0.5, 0.6) is 0 Å². The van der Waals surface area contributed by atoms with Crippen molar-refractivity contribution >= 4 is 29.0 Å². The van der Waals surface area contributed by atoms with Crippen LogP contribution in [-0.4, -0.2) is 42.1 Å². The Morgan fingerprint density at radius 2 is 1.93 bits per heavy atom. The molecule has 2 N–H and O–H groups in total. The minimum Gasteiger partial charge on any atom is -0.383 e. The molecule has 0 radical (unpaired) electrons. The van der Waals surface area contributed by atoms with Crippen LogP contribution < -0.4 is 5.73 Å². The average molecular weight is 447 g/mol. The van der Waals surface area contributed by atoms with Crippen molar-refractivity contribution in [2.45, 2.75) is 32.6 Å². The summed E-state index contributed by atoms with van der Waals surface area (Å²) in [6.07, 6.45) is 1.08. The molecule has 2 heterocycles. The summed E-state index contributed by atoms with van der Waals surface area (Å²) in [5, 5.41) is 14.9. The van der Waals surface area contributed by atoms with Crippen molar-refractivity contribution in [2.75, 3.05) is 26.3 Å². The van der Waals surface area contributed by atoms with E-state index in [0.29, 0.717) is 71.7 Å². The summed E-state index contributed by atoms with van der Waals surface area (Å²) in [7, 11) is 0. The highest BCUT2D eigenvalue weighted by atomic mass is 35.5. The third kappa shape index (κ3) is 3.61. The maximum absolute atomic E-state index is 13.4. The number of benzene rings is 1. The molecule has 1 aromatic carbocycles. The fourth-order valence-corrected chi connectivity index (χ4v) is 5.13. The second-order valence-corrected chi connectivity index (χ2v) is 9.53. The number of nitriles is 1. The first kappa shape index (κ1) is 21.2. The molecule has 30 heavy (non-hydrogen) atoms. The summed E-state index contributed by atoms with van der Waals surface area (Å²) in [4.78, 5) is 13.4. The SMILES string of the molecule is CC1(C)CC(=O)C2=C(C1)N(N1CCOCC1)C(N)=C(C#N)C2c1ccc(Cl)cc1Cl. The van der Waals surface area contributed by atoms with Crippen LogP contribution in [0.1, 0.15) is 38.2 Å². The molecule has 0 spiro atoms. The fourth-order valence-electron chi connectivity index (χ4n) is 4.62. The molecule has 8 heteroatoms. The van der Waals surface area contributed by atoms with Gasteiger partial charge in [-0.15, -0.1) is 0 Å².